The smallest absolute Gasteiger partial charge is 0.122 e. The molecule has 2 rings (SSSR count). The molecule has 0 atom stereocenters. The average Bonchev–Trinajstić information content (AvgIpc) is 2.37. The molecule has 0 fully saturated rings. The molecule has 0 spiro atoms. The lowest BCUT2D eigenvalue weighted by molar-refractivity contribution is 0.427. The van der Waals surface area contributed by atoms with Crippen molar-refractivity contribution < 1.29 is 13.9 Å². The Bertz CT molecular complexity index is 592. The van der Waals surface area contributed by atoms with Gasteiger partial charge >= 0.3 is 0 Å². The Morgan fingerprint density at radius 1 is 1.42 bits per heavy atom. The van der Waals surface area contributed by atoms with Gasteiger partial charge in [0.15, 0.2) is 0 Å². The van der Waals surface area contributed by atoms with E-state index in [-0.39, 0.29) is 35.1 Å². The maximum Gasteiger partial charge on any atom is 0.122 e. The van der Waals surface area contributed by atoms with Crippen molar-refractivity contribution in [3.63, 3.8) is 0 Å². The van der Waals surface area contributed by atoms with E-state index < -0.39 is 6.67 Å². The van der Waals surface area contributed by atoms with Gasteiger partial charge in [0, 0.05) is 12.0 Å². The van der Waals surface area contributed by atoms with E-state index in [2.05, 4.69) is 5.92 Å². The van der Waals surface area contributed by atoms with Crippen LogP contribution in [0.5, 0.6) is 5.75 Å². The summed E-state index contributed by atoms with van der Waals surface area (Å²) in [7, 11) is 0. The van der Waals surface area contributed by atoms with Gasteiger partial charge in [0.1, 0.15) is 18.3 Å². The number of rotatable bonds is 2. The van der Waals surface area contributed by atoms with Crippen molar-refractivity contribution in [2.45, 2.75) is 39.3 Å². The van der Waals surface area contributed by atoms with E-state index in [0.29, 0.717) is 17.5 Å². The highest BCUT2D eigenvalue weighted by Crippen LogP contribution is 2.42. The van der Waals surface area contributed by atoms with Gasteiger partial charge in [0.2, 0.25) is 0 Å². The van der Waals surface area contributed by atoms with Crippen LogP contribution in [0.3, 0.4) is 0 Å². The third kappa shape index (κ3) is 2.12. The molecule has 0 amide bonds. The lowest BCUT2D eigenvalue weighted by Crippen LogP contribution is -2.10. The van der Waals surface area contributed by atoms with Crippen molar-refractivity contribution in [3.05, 3.63) is 34.1 Å². The first-order chi connectivity index (χ1) is 9.01. The standard InChI is InChI=1S/C16H16F2O/c1-4-11-13(18)6-5-10-7-14(19)12(8-17)15(9(2)3)16(10)11/h1,7,9,19H,5-6,8H2,2-3H3. The average molecular weight is 262 g/mol. The van der Waals surface area contributed by atoms with E-state index in [0.717, 1.165) is 5.56 Å². The van der Waals surface area contributed by atoms with Crippen molar-refractivity contribution in [1.29, 1.82) is 0 Å². The first-order valence-corrected chi connectivity index (χ1v) is 6.30. The van der Waals surface area contributed by atoms with Crippen LogP contribution in [0.4, 0.5) is 8.78 Å². The van der Waals surface area contributed by atoms with Crippen molar-refractivity contribution in [2.24, 2.45) is 0 Å². The molecule has 1 aromatic carbocycles. The summed E-state index contributed by atoms with van der Waals surface area (Å²) in [6.07, 6.45) is 6.12. The van der Waals surface area contributed by atoms with Gasteiger partial charge in [-0.3, -0.25) is 0 Å². The zero-order valence-electron chi connectivity index (χ0n) is 11.1. The molecule has 100 valence electrons. The molecule has 0 saturated heterocycles. The Kier molecular flexibility index (Phi) is 3.61. The van der Waals surface area contributed by atoms with Crippen LogP contribution in [0, 0.1) is 12.3 Å². The number of benzene rings is 1. The minimum absolute atomic E-state index is 0.0409. The van der Waals surface area contributed by atoms with Gasteiger partial charge in [-0.1, -0.05) is 19.8 Å². The van der Waals surface area contributed by atoms with E-state index in [4.69, 9.17) is 6.42 Å². The topological polar surface area (TPSA) is 20.2 Å². The number of allylic oxidation sites excluding steroid dienone is 2. The second-order valence-electron chi connectivity index (χ2n) is 5.03. The number of halogens is 2. The monoisotopic (exact) mass is 262 g/mol. The molecule has 0 bridgehead atoms. The largest absolute Gasteiger partial charge is 0.508 e. The Hall–Kier alpha value is -1.82. The Labute approximate surface area is 112 Å². The summed E-state index contributed by atoms with van der Waals surface area (Å²) < 4.78 is 27.1. The predicted molar refractivity (Wildman–Crippen MR) is 72.2 cm³/mol. The lowest BCUT2D eigenvalue weighted by Gasteiger charge is -2.24. The molecule has 1 aromatic rings. The molecule has 0 heterocycles. The quantitative estimate of drug-likeness (QED) is 0.790. The number of fused-ring (bicyclic) bond motifs is 1. The molecule has 0 aliphatic heterocycles. The van der Waals surface area contributed by atoms with Gasteiger partial charge in [-0.2, -0.15) is 0 Å². The third-order valence-corrected chi connectivity index (χ3v) is 3.53. The molecular formula is C16H16F2O. The van der Waals surface area contributed by atoms with Crippen LogP contribution in [-0.4, -0.2) is 5.11 Å². The highest BCUT2D eigenvalue weighted by atomic mass is 19.1. The highest BCUT2D eigenvalue weighted by Gasteiger charge is 2.26. The Morgan fingerprint density at radius 3 is 2.63 bits per heavy atom. The van der Waals surface area contributed by atoms with Crippen LogP contribution in [0.2, 0.25) is 0 Å². The maximum atomic E-state index is 13.9. The number of phenols is 1. The number of aryl methyl sites for hydroxylation is 1. The van der Waals surface area contributed by atoms with E-state index in [9.17, 15) is 13.9 Å². The second kappa shape index (κ2) is 5.05. The number of aromatic hydroxyl groups is 1. The van der Waals surface area contributed by atoms with E-state index in [1.54, 1.807) is 0 Å². The summed E-state index contributed by atoms with van der Waals surface area (Å²) in [5.74, 6) is 1.94. The van der Waals surface area contributed by atoms with E-state index in [1.165, 1.54) is 6.07 Å². The molecule has 1 aliphatic rings. The van der Waals surface area contributed by atoms with Crippen LogP contribution in [-0.2, 0) is 13.1 Å². The van der Waals surface area contributed by atoms with Crippen LogP contribution < -0.4 is 0 Å². The fourth-order valence-corrected chi connectivity index (χ4v) is 2.71. The number of terminal acetylenes is 1. The first-order valence-electron chi connectivity index (χ1n) is 6.30. The molecule has 1 nitrogen and oxygen atoms in total. The van der Waals surface area contributed by atoms with E-state index >= 15 is 0 Å². The maximum absolute atomic E-state index is 13.9. The Balaban J connectivity index is 2.85. The van der Waals surface area contributed by atoms with E-state index in [1.807, 2.05) is 13.8 Å². The second-order valence-corrected chi connectivity index (χ2v) is 5.03. The fraction of sp³-hybridized carbons (Fsp3) is 0.375. The van der Waals surface area contributed by atoms with Gasteiger partial charge in [0.05, 0.1) is 5.57 Å². The molecule has 1 aliphatic carbocycles. The van der Waals surface area contributed by atoms with Crippen molar-refractivity contribution in [2.75, 3.05) is 0 Å². The van der Waals surface area contributed by atoms with Gasteiger partial charge < -0.3 is 5.11 Å². The molecule has 3 heteroatoms. The number of phenolic OH excluding ortho intramolecular Hbond substituents is 1. The van der Waals surface area contributed by atoms with Crippen molar-refractivity contribution in [1.82, 2.24) is 0 Å². The summed E-state index contributed by atoms with van der Waals surface area (Å²) in [4.78, 5) is 0. The van der Waals surface area contributed by atoms with Gasteiger partial charge in [-0.15, -0.1) is 6.42 Å². The minimum Gasteiger partial charge on any atom is -0.508 e. The van der Waals surface area contributed by atoms with Crippen molar-refractivity contribution >= 4 is 5.57 Å². The molecule has 0 saturated carbocycles. The SMILES string of the molecule is C#CC1=C(F)CCc2cc(O)c(CF)c(C(C)C)c21. The summed E-state index contributed by atoms with van der Waals surface area (Å²) in [6.45, 7) is 2.98. The van der Waals surface area contributed by atoms with Crippen LogP contribution >= 0.6 is 0 Å². The third-order valence-electron chi connectivity index (χ3n) is 3.53. The van der Waals surface area contributed by atoms with Gasteiger partial charge in [0.25, 0.3) is 0 Å². The summed E-state index contributed by atoms with van der Waals surface area (Å²) in [5.41, 5.74) is 2.45. The minimum atomic E-state index is -0.786. The van der Waals surface area contributed by atoms with Crippen molar-refractivity contribution in [3.8, 4) is 18.1 Å². The van der Waals surface area contributed by atoms with Crippen LogP contribution in [0.25, 0.3) is 5.57 Å². The summed E-state index contributed by atoms with van der Waals surface area (Å²) in [6, 6.07) is 1.51. The van der Waals surface area contributed by atoms with Crippen LogP contribution in [0.1, 0.15) is 48.4 Å². The predicted octanol–water partition coefficient (Wildman–Crippen LogP) is 4.25. The van der Waals surface area contributed by atoms with Gasteiger partial charge in [-0.05, 0) is 35.1 Å². The fourth-order valence-electron chi connectivity index (χ4n) is 2.71. The summed E-state index contributed by atoms with van der Waals surface area (Å²) in [5, 5.41) is 9.92. The molecular weight excluding hydrogens is 246 g/mol. The summed E-state index contributed by atoms with van der Waals surface area (Å²) >= 11 is 0. The highest BCUT2D eigenvalue weighted by molar-refractivity contribution is 5.86. The zero-order valence-corrected chi connectivity index (χ0v) is 11.1. The number of hydrogen-bond acceptors (Lipinski definition) is 1. The molecule has 19 heavy (non-hydrogen) atoms. The Morgan fingerprint density at radius 2 is 2.11 bits per heavy atom. The number of hydrogen-bond donors (Lipinski definition) is 1. The van der Waals surface area contributed by atoms with Crippen LogP contribution in [0.15, 0.2) is 11.9 Å². The van der Waals surface area contributed by atoms with Gasteiger partial charge in [-0.25, -0.2) is 8.78 Å². The first kappa shape index (κ1) is 13.6. The molecule has 0 radical (unpaired) electrons. The zero-order chi connectivity index (χ0) is 14.2. The number of alkyl halides is 1. The normalized spacial score (nSPS) is 14.5. The molecule has 0 unspecified atom stereocenters. The lowest BCUT2D eigenvalue weighted by atomic mass is 9.80. The molecule has 0 aromatic heterocycles. The molecule has 1 N–H and O–H groups in total.